The monoisotopic (exact) mass is 490 g/mol. The molecule has 1 aromatic rings. The maximum atomic E-state index is 6.68. The van der Waals surface area contributed by atoms with Gasteiger partial charge in [0.2, 0.25) is 0 Å². The molecule has 0 aliphatic carbocycles. The Morgan fingerprint density at radius 1 is 0.543 bits per heavy atom. The first kappa shape index (κ1) is 32.1. The molecular weight excluding hydrogens is 432 g/mol. The zero-order valence-electron chi connectivity index (χ0n) is 23.8. The summed E-state index contributed by atoms with van der Waals surface area (Å²) >= 11 is 0. The summed E-state index contributed by atoms with van der Waals surface area (Å²) in [6.45, 7) is 11.1. The quantitative estimate of drug-likeness (QED) is 0.101. The fraction of sp³-hybridized carbons (Fsp3) is 0.812. The van der Waals surface area contributed by atoms with Gasteiger partial charge in [-0.15, -0.1) is 0 Å². The van der Waals surface area contributed by atoms with Gasteiger partial charge in [0.05, 0.1) is 19.8 Å². The average molecular weight is 491 g/mol. The molecule has 0 saturated heterocycles. The van der Waals surface area contributed by atoms with Gasteiger partial charge < -0.3 is 14.2 Å². The predicted molar refractivity (Wildman–Crippen MR) is 151 cm³/mol. The predicted octanol–water partition coefficient (Wildman–Crippen LogP) is 9.87. The molecule has 1 unspecified atom stereocenters. The molecule has 1 aromatic carbocycles. The summed E-state index contributed by atoms with van der Waals surface area (Å²) in [5.41, 5.74) is 1.35. The number of rotatable bonds is 25. The van der Waals surface area contributed by atoms with Gasteiger partial charge in [-0.05, 0) is 37.7 Å². The van der Waals surface area contributed by atoms with E-state index in [1.54, 1.807) is 0 Å². The van der Waals surface area contributed by atoms with Crippen molar-refractivity contribution in [1.29, 1.82) is 0 Å². The summed E-state index contributed by atoms with van der Waals surface area (Å²) in [4.78, 5) is 0. The first-order valence-electron chi connectivity index (χ1n) is 15.2. The lowest BCUT2D eigenvalue weighted by atomic mass is 9.90. The molecule has 0 heterocycles. The SMILES string of the molecule is CCCCCCCCC(Cc1ccccc1)C(OCCCCC)(OCCCCC)OCCCCC. The van der Waals surface area contributed by atoms with E-state index in [0.717, 1.165) is 32.1 Å². The van der Waals surface area contributed by atoms with Crippen molar-refractivity contribution in [2.24, 2.45) is 5.92 Å². The molecule has 0 N–H and O–H groups in total. The minimum Gasteiger partial charge on any atom is -0.327 e. The van der Waals surface area contributed by atoms with Gasteiger partial charge >= 0.3 is 0 Å². The Labute approximate surface area is 218 Å². The van der Waals surface area contributed by atoms with Crippen LogP contribution in [-0.4, -0.2) is 25.8 Å². The molecule has 0 amide bonds. The van der Waals surface area contributed by atoms with E-state index >= 15 is 0 Å². The summed E-state index contributed by atoms with van der Waals surface area (Å²) in [7, 11) is 0. The lowest BCUT2D eigenvalue weighted by Crippen LogP contribution is -2.48. The zero-order valence-corrected chi connectivity index (χ0v) is 23.8. The molecule has 3 heteroatoms. The third kappa shape index (κ3) is 15.1. The molecule has 0 aromatic heterocycles. The van der Waals surface area contributed by atoms with Crippen molar-refractivity contribution in [3.8, 4) is 0 Å². The average Bonchev–Trinajstić information content (AvgIpc) is 2.88. The lowest BCUT2D eigenvalue weighted by molar-refractivity contribution is -0.406. The van der Waals surface area contributed by atoms with E-state index in [1.807, 2.05) is 0 Å². The number of benzene rings is 1. The Morgan fingerprint density at radius 2 is 0.971 bits per heavy atom. The van der Waals surface area contributed by atoms with Gasteiger partial charge in [-0.2, -0.15) is 0 Å². The molecule has 0 aliphatic heterocycles. The van der Waals surface area contributed by atoms with Gasteiger partial charge in [-0.25, -0.2) is 0 Å². The molecule has 0 fully saturated rings. The topological polar surface area (TPSA) is 27.7 Å². The van der Waals surface area contributed by atoms with Gasteiger partial charge in [0.25, 0.3) is 5.97 Å². The molecule has 35 heavy (non-hydrogen) atoms. The number of hydrogen-bond donors (Lipinski definition) is 0. The summed E-state index contributed by atoms with van der Waals surface area (Å²) in [6.07, 6.45) is 20.1. The second kappa shape index (κ2) is 22.3. The van der Waals surface area contributed by atoms with Crippen LogP contribution in [0.2, 0.25) is 0 Å². The third-order valence-electron chi connectivity index (χ3n) is 6.88. The maximum Gasteiger partial charge on any atom is 0.286 e. The van der Waals surface area contributed by atoms with Crippen molar-refractivity contribution in [2.45, 2.75) is 143 Å². The number of ether oxygens (including phenoxy) is 3. The fourth-order valence-corrected chi connectivity index (χ4v) is 4.65. The van der Waals surface area contributed by atoms with E-state index in [9.17, 15) is 0 Å². The highest BCUT2D eigenvalue weighted by Crippen LogP contribution is 2.34. The van der Waals surface area contributed by atoms with Crippen LogP contribution in [0.25, 0.3) is 0 Å². The normalized spacial score (nSPS) is 12.8. The summed E-state index contributed by atoms with van der Waals surface area (Å²) in [5, 5.41) is 0. The Morgan fingerprint density at radius 3 is 1.46 bits per heavy atom. The summed E-state index contributed by atoms with van der Waals surface area (Å²) < 4.78 is 20.0. The van der Waals surface area contributed by atoms with E-state index in [1.165, 1.54) is 82.6 Å². The summed E-state index contributed by atoms with van der Waals surface area (Å²) in [5.74, 6) is -0.741. The first-order valence-corrected chi connectivity index (χ1v) is 15.2. The fourth-order valence-electron chi connectivity index (χ4n) is 4.65. The largest absolute Gasteiger partial charge is 0.327 e. The van der Waals surface area contributed by atoms with E-state index < -0.39 is 5.97 Å². The first-order chi connectivity index (χ1) is 17.2. The molecule has 3 nitrogen and oxygen atoms in total. The van der Waals surface area contributed by atoms with Crippen LogP contribution in [0.4, 0.5) is 0 Å². The Bertz CT molecular complexity index is 528. The van der Waals surface area contributed by atoms with Crippen LogP contribution < -0.4 is 0 Å². The van der Waals surface area contributed by atoms with Gasteiger partial charge in [0.15, 0.2) is 0 Å². The van der Waals surface area contributed by atoms with Gasteiger partial charge in [-0.3, -0.25) is 0 Å². The van der Waals surface area contributed by atoms with Crippen molar-refractivity contribution in [3.05, 3.63) is 35.9 Å². The van der Waals surface area contributed by atoms with Crippen LogP contribution in [-0.2, 0) is 20.6 Å². The molecule has 0 bridgehead atoms. The minimum atomic E-state index is -0.936. The van der Waals surface area contributed by atoms with Crippen molar-refractivity contribution < 1.29 is 14.2 Å². The molecule has 0 saturated carbocycles. The van der Waals surface area contributed by atoms with Crippen molar-refractivity contribution in [3.63, 3.8) is 0 Å². The van der Waals surface area contributed by atoms with Crippen LogP contribution in [0.5, 0.6) is 0 Å². The standard InChI is InChI=1S/C32H58O3/c1-5-9-13-14-15-19-25-31(29-30-23-17-16-18-24-30)32(33-26-20-10-6-2,34-27-21-11-7-3)35-28-22-12-8-4/h16-18,23-24,31H,5-15,19-22,25-29H2,1-4H3. The molecule has 0 radical (unpaired) electrons. The second-order valence-electron chi connectivity index (χ2n) is 10.2. The molecule has 0 aliphatic rings. The highest BCUT2D eigenvalue weighted by atomic mass is 16.9. The highest BCUT2D eigenvalue weighted by molar-refractivity contribution is 5.15. The lowest BCUT2D eigenvalue weighted by Gasteiger charge is -2.40. The third-order valence-corrected chi connectivity index (χ3v) is 6.88. The van der Waals surface area contributed by atoms with E-state index in [2.05, 4.69) is 58.0 Å². The molecule has 0 spiro atoms. The van der Waals surface area contributed by atoms with E-state index in [0.29, 0.717) is 19.8 Å². The van der Waals surface area contributed by atoms with Gasteiger partial charge in [0.1, 0.15) is 0 Å². The van der Waals surface area contributed by atoms with E-state index in [-0.39, 0.29) is 5.92 Å². The van der Waals surface area contributed by atoms with Crippen LogP contribution in [0, 0.1) is 5.92 Å². The van der Waals surface area contributed by atoms with Crippen molar-refractivity contribution in [2.75, 3.05) is 19.8 Å². The van der Waals surface area contributed by atoms with E-state index in [4.69, 9.17) is 14.2 Å². The van der Waals surface area contributed by atoms with Crippen LogP contribution in [0.3, 0.4) is 0 Å². The van der Waals surface area contributed by atoms with Crippen molar-refractivity contribution in [1.82, 2.24) is 0 Å². The molecule has 1 rings (SSSR count). The Kier molecular flexibility index (Phi) is 20.5. The van der Waals surface area contributed by atoms with Gasteiger partial charge in [0, 0.05) is 5.92 Å². The second-order valence-corrected chi connectivity index (χ2v) is 10.2. The molecule has 1 atom stereocenters. The number of hydrogen-bond acceptors (Lipinski definition) is 3. The van der Waals surface area contributed by atoms with Gasteiger partial charge in [-0.1, -0.05) is 135 Å². The van der Waals surface area contributed by atoms with Crippen LogP contribution in [0.1, 0.15) is 136 Å². The van der Waals surface area contributed by atoms with Crippen LogP contribution in [0.15, 0.2) is 30.3 Å². The highest BCUT2D eigenvalue weighted by Gasteiger charge is 2.42. The summed E-state index contributed by atoms with van der Waals surface area (Å²) in [6, 6.07) is 10.9. The number of unbranched alkanes of at least 4 members (excludes halogenated alkanes) is 11. The smallest absolute Gasteiger partial charge is 0.286 e. The molecule has 204 valence electrons. The van der Waals surface area contributed by atoms with Crippen LogP contribution >= 0.6 is 0 Å². The zero-order chi connectivity index (χ0) is 25.5. The minimum absolute atomic E-state index is 0.195. The maximum absolute atomic E-state index is 6.68. The molecular formula is C32H58O3. The Hall–Kier alpha value is -0.900. The Balaban J connectivity index is 3.08. The van der Waals surface area contributed by atoms with Crippen molar-refractivity contribution >= 4 is 0 Å².